The van der Waals surface area contributed by atoms with Crippen LogP contribution in [0.2, 0.25) is 30.5 Å². The van der Waals surface area contributed by atoms with Gasteiger partial charge in [-0.2, -0.15) is 0 Å². The Hall–Kier alpha value is -6.22. The number of fused-ring (bicyclic) bond motifs is 3. The Bertz CT molecular complexity index is 4600. The van der Waals surface area contributed by atoms with Crippen LogP contribution in [-0.2, 0) is 47.7 Å². The first-order chi connectivity index (χ1) is 50.2. The molecule has 3 aliphatic carbocycles. The Morgan fingerprint density at radius 2 is 0.943 bits per heavy atom. The molecule has 3 aliphatic heterocycles. The number of halogens is 7. The molecule has 3 saturated heterocycles. The number of aliphatic hydroxyl groups excluding tert-OH is 1. The molecular weight excluding hydrogens is 1560 g/mol. The minimum Gasteiger partial charge on any atom is -0.382 e. The van der Waals surface area contributed by atoms with E-state index in [1.165, 1.54) is 51.8 Å². The van der Waals surface area contributed by atoms with Gasteiger partial charge in [0.15, 0.2) is 6.29 Å². The van der Waals surface area contributed by atoms with E-state index in [9.17, 15) is 18.3 Å². The highest BCUT2D eigenvalue weighted by atomic mass is 79.9. The van der Waals surface area contributed by atoms with Gasteiger partial charge < -0.3 is 25.5 Å². The van der Waals surface area contributed by atoms with Gasteiger partial charge in [0, 0.05) is 81.4 Å². The van der Waals surface area contributed by atoms with Crippen LogP contribution in [0.1, 0.15) is 171 Å². The molecule has 3 fully saturated rings. The lowest BCUT2D eigenvalue weighted by atomic mass is 9.73. The number of nitrogens with zero attached hydrogens (tertiary/aromatic N) is 12. The fourth-order valence-corrected chi connectivity index (χ4v) is 18.3. The standard InChI is InChI=1S/C27H31Cl2N5O2S.C23H23Cl2N5.C21H27BrN4OS.C6H3Cl2NO/c1-26(2,3)37(36)33-24-18-7-5-4-6-17(18)14-27(24)9-12-34(13-10-27)21-16-31-20(15-32-21)23(35)19-8-11-30-25(29)22(19)28;24-20-15(5-8-27-22(20)25)11-17-13-29-19(14-28-17)30-9-6-23(7-10-30)12-16-3-1-2-4-18(16)21(23)26;1-20(2,3)28(27)25-19-16-7-5-4-6-15(16)12-21(19)8-10-26(11-9-21)18-14-23-17(22)13-24-18;7-5-4(3-10)1-2-9-6(5)8/h4-8,11,15-16,23-24,33,35H,9-10,12-14H2,1-3H3;1-5,8,13-14,21H,6-7,9-12,26H2;4-7,13-14,19,25H,8-12H2,1-3H3;1-3H/t23?,24-,37-;21-;19-,28-;/m111./s1. The van der Waals surface area contributed by atoms with E-state index in [4.69, 9.17) is 75.3 Å². The Balaban J connectivity index is 0.000000140. The third-order valence-electron chi connectivity index (χ3n) is 21.2. The number of piperidine rings is 3. The van der Waals surface area contributed by atoms with Crippen LogP contribution in [0.3, 0.4) is 0 Å². The van der Waals surface area contributed by atoms with Gasteiger partial charge in [0.2, 0.25) is 0 Å². The van der Waals surface area contributed by atoms with Crippen molar-refractivity contribution in [3.63, 3.8) is 0 Å². The number of hydrogen-bond donors (Lipinski definition) is 4. The van der Waals surface area contributed by atoms with Crippen molar-refractivity contribution in [1.29, 1.82) is 0 Å². The Morgan fingerprint density at radius 1 is 0.524 bits per heavy atom. The normalized spacial score (nSPS) is 19.8. The second-order valence-electron chi connectivity index (χ2n) is 29.7. The molecule has 28 heteroatoms. The van der Waals surface area contributed by atoms with Gasteiger partial charge in [-0.05, 0) is 189 Å². The first kappa shape index (κ1) is 78.4. The molecule has 1 unspecified atom stereocenters. The summed E-state index contributed by atoms with van der Waals surface area (Å²) in [6.07, 6.45) is 24.5. The highest BCUT2D eigenvalue weighted by Crippen LogP contribution is 2.55. The summed E-state index contributed by atoms with van der Waals surface area (Å²) in [6.45, 7) is 17.5. The van der Waals surface area contributed by atoms with Gasteiger partial charge in [-0.3, -0.25) is 14.8 Å². The molecule has 9 aromatic rings. The first-order valence-corrected chi connectivity index (χ1v) is 40.3. The third kappa shape index (κ3) is 17.6. The Kier molecular flexibility index (Phi) is 24.9. The molecular formula is C77H84BrCl6N15O4S2. The van der Waals surface area contributed by atoms with Crippen molar-refractivity contribution >= 4 is 131 Å². The van der Waals surface area contributed by atoms with E-state index in [0.29, 0.717) is 39.7 Å². The topological polar surface area (TPSA) is 247 Å². The molecule has 0 radical (unpaired) electrons. The fraction of sp³-hybridized carbons (Fsp3) is 0.403. The maximum Gasteiger partial charge on any atom is 0.151 e. The van der Waals surface area contributed by atoms with Crippen LogP contribution in [0.4, 0.5) is 17.5 Å². The van der Waals surface area contributed by atoms with Gasteiger partial charge in [-0.1, -0.05) is 142 Å². The zero-order chi connectivity index (χ0) is 74.6. The first-order valence-electron chi connectivity index (χ1n) is 34.9. The minimum absolute atomic E-state index is 0.00201. The van der Waals surface area contributed by atoms with Crippen LogP contribution >= 0.6 is 85.5 Å². The van der Waals surface area contributed by atoms with Crippen LogP contribution in [0.15, 0.2) is 151 Å². The number of aliphatic hydroxyl groups is 1. The summed E-state index contributed by atoms with van der Waals surface area (Å²) in [7, 11) is -2.27. The van der Waals surface area contributed by atoms with Crippen molar-refractivity contribution < 1.29 is 18.3 Å². The van der Waals surface area contributed by atoms with Crippen LogP contribution in [0.25, 0.3) is 0 Å². The molecule has 6 aromatic heterocycles. The lowest BCUT2D eigenvalue weighted by Gasteiger charge is -2.44. The van der Waals surface area contributed by atoms with Gasteiger partial charge in [-0.25, -0.2) is 52.7 Å². The highest BCUT2D eigenvalue weighted by molar-refractivity contribution is 9.10. The van der Waals surface area contributed by atoms with Crippen LogP contribution in [0.5, 0.6) is 0 Å². The molecule has 19 nitrogen and oxygen atoms in total. The van der Waals surface area contributed by atoms with Gasteiger partial charge in [0.1, 0.15) is 43.6 Å². The number of pyridine rings is 3. The number of anilines is 3. The van der Waals surface area contributed by atoms with E-state index in [2.05, 4.69) is 158 Å². The monoisotopic (exact) mass is 1640 g/mol. The molecule has 6 aliphatic rings. The summed E-state index contributed by atoms with van der Waals surface area (Å²) >= 11 is 38.9. The molecule has 552 valence electrons. The van der Waals surface area contributed by atoms with Crippen molar-refractivity contribution in [2.24, 2.45) is 22.0 Å². The smallest absolute Gasteiger partial charge is 0.151 e. The predicted molar refractivity (Wildman–Crippen MR) is 425 cm³/mol. The number of aromatic nitrogens is 9. The second kappa shape index (κ2) is 33.3. The van der Waals surface area contributed by atoms with Crippen LogP contribution < -0.4 is 29.9 Å². The Labute approximate surface area is 657 Å². The van der Waals surface area contributed by atoms with E-state index in [0.717, 1.165) is 130 Å². The van der Waals surface area contributed by atoms with E-state index in [1.807, 2.05) is 66.2 Å². The maximum absolute atomic E-state index is 13.1. The fourth-order valence-electron chi connectivity index (χ4n) is 15.1. The highest BCUT2D eigenvalue weighted by Gasteiger charge is 2.51. The quantitative estimate of drug-likeness (QED) is 0.0656. The van der Waals surface area contributed by atoms with Gasteiger partial charge in [-0.15, -0.1) is 0 Å². The molecule has 0 amide bonds. The molecule has 15 rings (SSSR count). The average Bonchev–Trinajstić information content (AvgIpc) is 1.62. The zero-order valence-electron chi connectivity index (χ0n) is 59.1. The number of nitrogens with one attached hydrogen (secondary N) is 2. The van der Waals surface area contributed by atoms with Crippen LogP contribution in [-0.4, -0.2) is 113 Å². The molecule has 3 spiro atoms. The molecule has 5 N–H and O–H groups in total. The molecule has 0 saturated carbocycles. The number of aldehydes is 1. The number of carbonyl (C=O) groups is 1. The summed E-state index contributed by atoms with van der Waals surface area (Å²) in [5.41, 5.74) is 18.0. The van der Waals surface area contributed by atoms with Crippen LogP contribution in [0, 0.1) is 16.2 Å². The number of carbonyl (C=O) groups excluding carboxylic acids is 1. The lowest BCUT2D eigenvalue weighted by Crippen LogP contribution is -2.48. The summed E-state index contributed by atoms with van der Waals surface area (Å²) in [6, 6.07) is 31.1. The van der Waals surface area contributed by atoms with Crippen molar-refractivity contribution in [3.05, 3.63) is 243 Å². The lowest BCUT2D eigenvalue weighted by molar-refractivity contribution is 0.112. The molecule has 9 heterocycles. The van der Waals surface area contributed by atoms with Crippen molar-refractivity contribution in [1.82, 2.24) is 54.3 Å². The third-order valence-corrected chi connectivity index (χ3v) is 27.1. The van der Waals surface area contributed by atoms with Crippen molar-refractivity contribution in [2.75, 3.05) is 54.0 Å². The molecule has 0 bridgehead atoms. The Morgan fingerprint density at radius 3 is 1.39 bits per heavy atom. The van der Waals surface area contributed by atoms with Crippen molar-refractivity contribution in [3.8, 4) is 0 Å². The summed E-state index contributed by atoms with van der Waals surface area (Å²) in [5, 5.41) is 12.3. The number of rotatable bonds is 12. The van der Waals surface area contributed by atoms with Gasteiger partial charge in [0.05, 0.1) is 107 Å². The van der Waals surface area contributed by atoms with E-state index in [-0.39, 0.29) is 64.2 Å². The van der Waals surface area contributed by atoms with E-state index in [1.54, 1.807) is 30.9 Å². The van der Waals surface area contributed by atoms with Crippen molar-refractivity contribution in [2.45, 2.75) is 139 Å². The second-order valence-corrected chi connectivity index (χ2v) is 36.7. The summed E-state index contributed by atoms with van der Waals surface area (Å²) in [5.74, 6) is 2.61. The van der Waals surface area contributed by atoms with E-state index >= 15 is 0 Å². The molecule has 105 heavy (non-hydrogen) atoms. The van der Waals surface area contributed by atoms with Gasteiger partial charge >= 0.3 is 0 Å². The predicted octanol–water partition coefficient (Wildman–Crippen LogP) is 16.2. The molecule has 3 aromatic carbocycles. The number of hydrogen-bond acceptors (Lipinski definition) is 17. The maximum atomic E-state index is 13.1. The average molecular weight is 1640 g/mol. The summed E-state index contributed by atoms with van der Waals surface area (Å²) < 4.78 is 33.2. The molecule has 6 atom stereocenters. The number of benzene rings is 3. The van der Waals surface area contributed by atoms with Gasteiger partial charge in [0.25, 0.3) is 0 Å². The zero-order valence-corrected chi connectivity index (χ0v) is 66.9. The SMILES string of the molecule is CC(C)(C)[S@@](=O)N[C@@H]1c2ccccc2CC12CCN(c1cnc(Br)cn1)CC2.CC(C)(C)[S@@](=O)N[C@@H]1c2ccccc2CC12CCN(c1cnc(C(O)c3ccnc(Cl)c3Cl)cn1)CC2.N[C@@H]1c2ccccc2CC12CCN(c1cnc(Cc3ccnc(Cl)c3Cl)cn1)CC2.O=Cc1ccnc(Cl)c1Cl. The van der Waals surface area contributed by atoms with E-state index < -0.39 is 28.1 Å². The summed E-state index contributed by atoms with van der Waals surface area (Å²) in [4.78, 5) is 55.8. The largest absolute Gasteiger partial charge is 0.382 e. The minimum atomic E-state index is -1.16. The number of nitrogens with two attached hydrogens (primary N) is 1.